The third kappa shape index (κ3) is 4.86. The highest BCUT2D eigenvalue weighted by atomic mass is 16.5. The molecule has 1 amide bonds. The Morgan fingerprint density at radius 1 is 0.857 bits per heavy atom. The Labute approximate surface area is 165 Å². The monoisotopic (exact) mass is 373 g/mol. The van der Waals surface area contributed by atoms with Crippen LogP contribution in [-0.2, 0) is 9.53 Å². The summed E-state index contributed by atoms with van der Waals surface area (Å²) in [5.74, 6) is -0.502. The molecule has 0 spiro atoms. The molecule has 0 aliphatic rings. The van der Waals surface area contributed by atoms with Crippen molar-refractivity contribution in [1.82, 2.24) is 0 Å². The van der Waals surface area contributed by atoms with E-state index in [9.17, 15) is 9.59 Å². The SMILES string of the molecule is CC(C)c1ccc(C(=O)OCC(=O)Nc2ccccc2-c2ccccc2)cc1. The fraction of sp³-hybridized carbons (Fsp3) is 0.167. The average Bonchev–Trinajstić information content (AvgIpc) is 2.73. The van der Waals surface area contributed by atoms with E-state index in [0.29, 0.717) is 17.2 Å². The second kappa shape index (κ2) is 9.00. The second-order valence-corrected chi connectivity index (χ2v) is 6.81. The summed E-state index contributed by atoms with van der Waals surface area (Å²) in [6.07, 6.45) is 0. The normalized spacial score (nSPS) is 10.5. The van der Waals surface area contributed by atoms with Gasteiger partial charge in [-0.3, -0.25) is 4.79 Å². The number of benzene rings is 3. The summed E-state index contributed by atoms with van der Waals surface area (Å²) in [4.78, 5) is 24.5. The minimum Gasteiger partial charge on any atom is -0.452 e. The fourth-order valence-corrected chi connectivity index (χ4v) is 2.87. The number of carbonyl (C=O) groups is 2. The van der Waals surface area contributed by atoms with Crippen molar-refractivity contribution in [3.8, 4) is 11.1 Å². The maximum atomic E-state index is 12.3. The Bertz CT molecular complexity index is 947. The molecule has 0 aliphatic carbocycles. The first-order chi connectivity index (χ1) is 13.5. The van der Waals surface area contributed by atoms with E-state index in [1.165, 1.54) is 0 Å². The number of anilines is 1. The first kappa shape index (κ1) is 19.4. The third-order valence-corrected chi connectivity index (χ3v) is 4.43. The van der Waals surface area contributed by atoms with Gasteiger partial charge in [0.05, 0.1) is 5.56 Å². The van der Waals surface area contributed by atoms with Crippen LogP contribution in [0, 0.1) is 0 Å². The van der Waals surface area contributed by atoms with Crippen LogP contribution in [0.1, 0.15) is 35.7 Å². The molecule has 0 saturated heterocycles. The number of hydrogen-bond acceptors (Lipinski definition) is 3. The molecule has 4 nitrogen and oxygen atoms in total. The molecule has 3 rings (SSSR count). The van der Waals surface area contributed by atoms with Gasteiger partial charge in [-0.05, 0) is 35.2 Å². The van der Waals surface area contributed by atoms with Crippen LogP contribution in [-0.4, -0.2) is 18.5 Å². The van der Waals surface area contributed by atoms with Crippen molar-refractivity contribution in [2.45, 2.75) is 19.8 Å². The van der Waals surface area contributed by atoms with Gasteiger partial charge in [-0.25, -0.2) is 4.79 Å². The van der Waals surface area contributed by atoms with E-state index >= 15 is 0 Å². The average molecular weight is 373 g/mol. The summed E-state index contributed by atoms with van der Waals surface area (Å²) in [5.41, 5.74) is 4.16. The van der Waals surface area contributed by atoms with Crippen LogP contribution in [0.2, 0.25) is 0 Å². The van der Waals surface area contributed by atoms with Gasteiger partial charge in [0.15, 0.2) is 6.61 Å². The molecule has 142 valence electrons. The summed E-state index contributed by atoms with van der Waals surface area (Å²) in [5, 5.41) is 2.82. The molecule has 0 heterocycles. The summed E-state index contributed by atoms with van der Waals surface area (Å²) >= 11 is 0. The lowest BCUT2D eigenvalue weighted by molar-refractivity contribution is -0.119. The molecule has 0 fully saturated rings. The van der Waals surface area contributed by atoms with Gasteiger partial charge in [0, 0.05) is 11.3 Å². The summed E-state index contributed by atoms with van der Waals surface area (Å²) in [6, 6.07) is 24.6. The van der Waals surface area contributed by atoms with Crippen molar-refractivity contribution in [1.29, 1.82) is 0 Å². The fourth-order valence-electron chi connectivity index (χ4n) is 2.87. The molecule has 0 saturated carbocycles. The predicted octanol–water partition coefficient (Wildman–Crippen LogP) is 5.27. The van der Waals surface area contributed by atoms with E-state index < -0.39 is 5.97 Å². The number of ether oxygens (including phenoxy) is 1. The summed E-state index contributed by atoms with van der Waals surface area (Å²) in [6.45, 7) is 3.84. The molecule has 0 aromatic heterocycles. The largest absolute Gasteiger partial charge is 0.452 e. The highest BCUT2D eigenvalue weighted by molar-refractivity contribution is 5.98. The zero-order valence-corrected chi connectivity index (χ0v) is 16.0. The topological polar surface area (TPSA) is 55.4 Å². The van der Waals surface area contributed by atoms with Gasteiger partial charge in [0.1, 0.15) is 0 Å². The lowest BCUT2D eigenvalue weighted by Gasteiger charge is -2.12. The van der Waals surface area contributed by atoms with Crippen molar-refractivity contribution in [2.24, 2.45) is 0 Å². The Hall–Kier alpha value is -3.40. The van der Waals surface area contributed by atoms with Crippen LogP contribution in [0.5, 0.6) is 0 Å². The van der Waals surface area contributed by atoms with Crippen molar-refractivity contribution >= 4 is 17.6 Å². The van der Waals surface area contributed by atoms with E-state index in [2.05, 4.69) is 19.2 Å². The van der Waals surface area contributed by atoms with Crippen LogP contribution in [0.3, 0.4) is 0 Å². The molecule has 0 bridgehead atoms. The number of hydrogen-bond donors (Lipinski definition) is 1. The molecule has 0 atom stereocenters. The highest BCUT2D eigenvalue weighted by Crippen LogP contribution is 2.27. The van der Waals surface area contributed by atoms with Crippen molar-refractivity contribution in [2.75, 3.05) is 11.9 Å². The molecular weight excluding hydrogens is 350 g/mol. The van der Waals surface area contributed by atoms with Crippen LogP contribution in [0.25, 0.3) is 11.1 Å². The minimum absolute atomic E-state index is 0.339. The molecular formula is C24H23NO3. The Morgan fingerprint density at radius 2 is 1.50 bits per heavy atom. The second-order valence-electron chi connectivity index (χ2n) is 6.81. The number of para-hydroxylation sites is 1. The van der Waals surface area contributed by atoms with E-state index in [1.807, 2.05) is 66.7 Å². The Kier molecular flexibility index (Phi) is 6.22. The van der Waals surface area contributed by atoms with Gasteiger partial charge in [0.25, 0.3) is 5.91 Å². The molecule has 0 radical (unpaired) electrons. The van der Waals surface area contributed by atoms with Crippen LogP contribution < -0.4 is 5.32 Å². The molecule has 3 aromatic carbocycles. The minimum atomic E-state index is -0.512. The summed E-state index contributed by atoms with van der Waals surface area (Å²) < 4.78 is 5.16. The van der Waals surface area contributed by atoms with Gasteiger partial charge in [-0.2, -0.15) is 0 Å². The number of esters is 1. The number of nitrogens with one attached hydrogen (secondary N) is 1. The standard InChI is InChI=1S/C24H23NO3/c1-17(2)18-12-14-20(15-13-18)24(27)28-16-23(26)25-22-11-7-6-10-21(22)19-8-4-3-5-9-19/h3-15,17H,16H2,1-2H3,(H,25,26). The predicted molar refractivity (Wildman–Crippen MR) is 111 cm³/mol. The molecule has 3 aromatic rings. The van der Waals surface area contributed by atoms with Gasteiger partial charge in [0.2, 0.25) is 0 Å². The molecule has 28 heavy (non-hydrogen) atoms. The Balaban J connectivity index is 1.61. The van der Waals surface area contributed by atoms with Crippen molar-refractivity contribution in [3.63, 3.8) is 0 Å². The number of amides is 1. The van der Waals surface area contributed by atoms with Gasteiger partial charge in [-0.15, -0.1) is 0 Å². The molecule has 4 heteroatoms. The van der Waals surface area contributed by atoms with E-state index in [0.717, 1.165) is 16.7 Å². The molecule has 0 unspecified atom stereocenters. The van der Waals surface area contributed by atoms with Gasteiger partial charge < -0.3 is 10.1 Å². The highest BCUT2D eigenvalue weighted by Gasteiger charge is 2.12. The van der Waals surface area contributed by atoms with Crippen LogP contribution in [0.15, 0.2) is 78.9 Å². The lowest BCUT2D eigenvalue weighted by Crippen LogP contribution is -2.21. The molecule has 1 N–H and O–H groups in total. The first-order valence-electron chi connectivity index (χ1n) is 9.26. The number of rotatable bonds is 6. The lowest BCUT2D eigenvalue weighted by atomic mass is 10.0. The van der Waals surface area contributed by atoms with Crippen molar-refractivity contribution < 1.29 is 14.3 Å². The smallest absolute Gasteiger partial charge is 0.338 e. The molecule has 0 aliphatic heterocycles. The van der Waals surface area contributed by atoms with Crippen LogP contribution >= 0.6 is 0 Å². The first-order valence-corrected chi connectivity index (χ1v) is 9.26. The van der Waals surface area contributed by atoms with Gasteiger partial charge in [-0.1, -0.05) is 74.5 Å². The third-order valence-electron chi connectivity index (χ3n) is 4.43. The van der Waals surface area contributed by atoms with Crippen molar-refractivity contribution in [3.05, 3.63) is 90.0 Å². The zero-order valence-electron chi connectivity index (χ0n) is 16.0. The van der Waals surface area contributed by atoms with E-state index in [1.54, 1.807) is 12.1 Å². The quantitative estimate of drug-likeness (QED) is 0.599. The Morgan fingerprint density at radius 3 is 2.18 bits per heavy atom. The number of carbonyl (C=O) groups excluding carboxylic acids is 2. The maximum Gasteiger partial charge on any atom is 0.338 e. The van der Waals surface area contributed by atoms with Gasteiger partial charge >= 0.3 is 5.97 Å². The van der Waals surface area contributed by atoms with Crippen LogP contribution in [0.4, 0.5) is 5.69 Å². The maximum absolute atomic E-state index is 12.3. The zero-order chi connectivity index (χ0) is 19.9. The summed E-state index contributed by atoms with van der Waals surface area (Å²) in [7, 11) is 0. The van der Waals surface area contributed by atoms with E-state index in [4.69, 9.17) is 4.74 Å². The van der Waals surface area contributed by atoms with E-state index in [-0.39, 0.29) is 12.5 Å².